The summed E-state index contributed by atoms with van der Waals surface area (Å²) in [7, 11) is 0. The van der Waals surface area contributed by atoms with Gasteiger partial charge in [0.1, 0.15) is 11.4 Å². The smallest absolute Gasteiger partial charge is 0.419 e. The van der Waals surface area contributed by atoms with Gasteiger partial charge in [0.15, 0.2) is 0 Å². The highest BCUT2D eigenvalue weighted by molar-refractivity contribution is 5.81. The number of furan rings is 1. The van der Waals surface area contributed by atoms with Gasteiger partial charge in [0, 0.05) is 11.5 Å². The van der Waals surface area contributed by atoms with Gasteiger partial charge in [-0.1, -0.05) is 0 Å². The number of hydrogen-bond acceptors (Lipinski definition) is 1. The molecule has 0 fully saturated rings. The summed E-state index contributed by atoms with van der Waals surface area (Å²) in [5.74, 6) is -1.32. The lowest BCUT2D eigenvalue weighted by Gasteiger charge is -2.07. The fourth-order valence-corrected chi connectivity index (χ4v) is 1.39. The largest absolute Gasteiger partial charge is 0.464 e. The van der Waals surface area contributed by atoms with Crippen molar-refractivity contribution in [3.05, 3.63) is 35.3 Å². The van der Waals surface area contributed by atoms with E-state index in [1.165, 1.54) is 6.26 Å². The maximum absolute atomic E-state index is 13.0. The molecular formula is C10H6F4O. The number of halogens is 4. The van der Waals surface area contributed by atoms with Crippen LogP contribution in [0.25, 0.3) is 11.0 Å². The van der Waals surface area contributed by atoms with E-state index in [0.29, 0.717) is 5.56 Å². The van der Waals surface area contributed by atoms with Crippen LogP contribution in [0.4, 0.5) is 17.6 Å². The highest BCUT2D eigenvalue weighted by atomic mass is 19.4. The molecule has 15 heavy (non-hydrogen) atoms. The van der Waals surface area contributed by atoms with E-state index < -0.39 is 17.6 Å². The minimum Gasteiger partial charge on any atom is -0.464 e. The zero-order valence-corrected chi connectivity index (χ0v) is 7.65. The molecule has 0 unspecified atom stereocenters. The third-order valence-electron chi connectivity index (χ3n) is 2.16. The summed E-state index contributed by atoms with van der Waals surface area (Å²) in [6, 6.07) is 1.52. The summed E-state index contributed by atoms with van der Waals surface area (Å²) in [5, 5.41) is 0.281. The molecule has 80 valence electrons. The molecule has 0 spiro atoms. The molecule has 0 bridgehead atoms. The monoisotopic (exact) mass is 218 g/mol. The maximum Gasteiger partial charge on any atom is 0.419 e. The first-order valence-corrected chi connectivity index (χ1v) is 4.14. The van der Waals surface area contributed by atoms with Crippen molar-refractivity contribution in [2.45, 2.75) is 13.1 Å². The van der Waals surface area contributed by atoms with Crippen LogP contribution in [0.1, 0.15) is 11.1 Å². The van der Waals surface area contributed by atoms with Crippen LogP contribution in [-0.4, -0.2) is 0 Å². The first-order valence-electron chi connectivity index (χ1n) is 4.14. The van der Waals surface area contributed by atoms with Gasteiger partial charge in [0.2, 0.25) is 0 Å². The Kier molecular flexibility index (Phi) is 1.99. The molecule has 1 nitrogen and oxygen atoms in total. The zero-order chi connectivity index (χ0) is 11.2. The van der Waals surface area contributed by atoms with Gasteiger partial charge in [-0.2, -0.15) is 13.2 Å². The van der Waals surface area contributed by atoms with Gasteiger partial charge in [-0.05, 0) is 18.6 Å². The zero-order valence-electron chi connectivity index (χ0n) is 7.65. The molecule has 0 N–H and O–H groups in total. The molecule has 5 heteroatoms. The van der Waals surface area contributed by atoms with E-state index in [4.69, 9.17) is 4.42 Å². The molecule has 2 rings (SSSR count). The molecule has 1 heterocycles. The van der Waals surface area contributed by atoms with Crippen molar-refractivity contribution < 1.29 is 22.0 Å². The van der Waals surface area contributed by atoms with E-state index in [-0.39, 0.29) is 11.0 Å². The van der Waals surface area contributed by atoms with Gasteiger partial charge in [-0.15, -0.1) is 0 Å². The Balaban J connectivity index is 2.76. The fourth-order valence-electron chi connectivity index (χ4n) is 1.39. The summed E-state index contributed by atoms with van der Waals surface area (Å²) >= 11 is 0. The van der Waals surface area contributed by atoms with E-state index in [9.17, 15) is 17.6 Å². The lowest BCUT2D eigenvalue weighted by Crippen LogP contribution is -2.07. The molecule has 0 saturated heterocycles. The molecule has 0 amide bonds. The Morgan fingerprint density at radius 1 is 1.20 bits per heavy atom. The Labute approximate surface area is 82.3 Å². The SMILES string of the molecule is Cc1coc2cc(F)c(C(F)(F)F)cc12. The number of aryl methyl sites for hydroxylation is 1. The van der Waals surface area contributed by atoms with Crippen LogP contribution < -0.4 is 0 Å². The number of benzene rings is 1. The van der Waals surface area contributed by atoms with Gasteiger partial charge >= 0.3 is 6.18 Å². The molecule has 1 aromatic carbocycles. The van der Waals surface area contributed by atoms with Crippen LogP contribution in [0.3, 0.4) is 0 Å². The Bertz CT molecular complexity index is 510. The van der Waals surface area contributed by atoms with Crippen molar-refractivity contribution in [3.63, 3.8) is 0 Å². The van der Waals surface area contributed by atoms with E-state index >= 15 is 0 Å². The Morgan fingerprint density at radius 3 is 2.47 bits per heavy atom. The van der Waals surface area contributed by atoms with Crippen molar-refractivity contribution in [2.24, 2.45) is 0 Å². The summed E-state index contributed by atoms with van der Waals surface area (Å²) in [6.07, 6.45) is -3.38. The van der Waals surface area contributed by atoms with Crippen molar-refractivity contribution >= 4 is 11.0 Å². The molecule has 0 aliphatic heterocycles. The van der Waals surface area contributed by atoms with Crippen LogP contribution in [-0.2, 0) is 6.18 Å². The minimum absolute atomic E-state index is 0.123. The third-order valence-corrected chi connectivity index (χ3v) is 2.16. The lowest BCUT2D eigenvalue weighted by molar-refractivity contribution is -0.139. The van der Waals surface area contributed by atoms with Gasteiger partial charge in [0.05, 0.1) is 11.8 Å². The second kappa shape index (κ2) is 2.98. The number of rotatable bonds is 0. The molecule has 1 aromatic heterocycles. The summed E-state index contributed by atoms with van der Waals surface area (Å²) < 4.78 is 55.0. The first kappa shape index (κ1) is 10.0. The van der Waals surface area contributed by atoms with Crippen molar-refractivity contribution in [3.8, 4) is 0 Å². The standard InChI is InChI=1S/C10H6F4O/c1-5-4-15-9-3-8(11)7(2-6(5)9)10(12,13)14/h2-4H,1H3. The highest BCUT2D eigenvalue weighted by Crippen LogP contribution is 2.34. The van der Waals surface area contributed by atoms with Gasteiger partial charge in [0.25, 0.3) is 0 Å². The summed E-state index contributed by atoms with van der Waals surface area (Å²) in [5.41, 5.74) is -0.590. The van der Waals surface area contributed by atoms with Crippen LogP contribution >= 0.6 is 0 Å². The lowest BCUT2D eigenvalue weighted by atomic mass is 10.1. The van der Waals surface area contributed by atoms with Crippen molar-refractivity contribution in [2.75, 3.05) is 0 Å². The summed E-state index contributed by atoms with van der Waals surface area (Å²) in [6.45, 7) is 1.60. The van der Waals surface area contributed by atoms with E-state index in [2.05, 4.69) is 0 Å². The molecule has 0 saturated carbocycles. The normalized spacial score (nSPS) is 12.3. The second-order valence-corrected chi connectivity index (χ2v) is 3.24. The van der Waals surface area contributed by atoms with Crippen molar-refractivity contribution in [1.82, 2.24) is 0 Å². The third kappa shape index (κ3) is 1.58. The number of fused-ring (bicyclic) bond motifs is 1. The van der Waals surface area contributed by atoms with Gasteiger partial charge < -0.3 is 4.42 Å². The van der Waals surface area contributed by atoms with Crippen LogP contribution in [0.2, 0.25) is 0 Å². The molecule has 0 aliphatic carbocycles. The minimum atomic E-state index is -4.68. The molecular weight excluding hydrogens is 212 g/mol. The first-order chi connectivity index (χ1) is 6.89. The quantitative estimate of drug-likeness (QED) is 0.611. The van der Waals surface area contributed by atoms with Gasteiger partial charge in [-0.25, -0.2) is 4.39 Å². The van der Waals surface area contributed by atoms with E-state index in [0.717, 1.165) is 12.1 Å². The van der Waals surface area contributed by atoms with Crippen molar-refractivity contribution in [1.29, 1.82) is 0 Å². The second-order valence-electron chi connectivity index (χ2n) is 3.24. The Morgan fingerprint density at radius 2 is 1.87 bits per heavy atom. The molecule has 2 aromatic rings. The molecule has 0 aliphatic rings. The highest BCUT2D eigenvalue weighted by Gasteiger charge is 2.34. The van der Waals surface area contributed by atoms with Crippen LogP contribution in [0, 0.1) is 12.7 Å². The number of alkyl halides is 3. The maximum atomic E-state index is 13.0. The van der Waals surface area contributed by atoms with Crippen LogP contribution in [0.15, 0.2) is 22.8 Å². The van der Waals surface area contributed by atoms with Crippen LogP contribution in [0.5, 0.6) is 0 Å². The fraction of sp³-hybridized carbons (Fsp3) is 0.200. The predicted molar refractivity (Wildman–Crippen MR) is 45.9 cm³/mol. The van der Waals surface area contributed by atoms with E-state index in [1.807, 2.05) is 0 Å². The molecule has 0 radical (unpaired) electrons. The molecule has 0 atom stereocenters. The topological polar surface area (TPSA) is 13.1 Å². The summed E-state index contributed by atoms with van der Waals surface area (Å²) in [4.78, 5) is 0. The average molecular weight is 218 g/mol. The average Bonchev–Trinajstić information content (AvgIpc) is 2.44. The Hall–Kier alpha value is -1.52. The predicted octanol–water partition coefficient (Wildman–Crippen LogP) is 3.90. The number of hydrogen-bond donors (Lipinski definition) is 0. The van der Waals surface area contributed by atoms with Gasteiger partial charge in [-0.3, -0.25) is 0 Å². The van der Waals surface area contributed by atoms with E-state index in [1.54, 1.807) is 6.92 Å².